The van der Waals surface area contributed by atoms with Crippen LogP contribution in [-0.2, 0) is 24.9 Å². The Morgan fingerprint density at radius 3 is 2.63 bits per heavy atom. The number of benzene rings is 2. The highest BCUT2D eigenvalue weighted by atomic mass is 35.5. The monoisotopic (exact) mass is 688 g/mol. The molecule has 4 heterocycles. The van der Waals surface area contributed by atoms with Gasteiger partial charge in [-0.1, -0.05) is 23.7 Å². The van der Waals surface area contributed by atoms with Crippen molar-refractivity contribution >= 4 is 65.3 Å². The summed E-state index contributed by atoms with van der Waals surface area (Å²) in [7, 11) is -7.98. The first kappa shape index (κ1) is 31.9. The summed E-state index contributed by atoms with van der Waals surface area (Å²) >= 11 is 6.61. The normalized spacial score (nSPS) is 17.4. The van der Waals surface area contributed by atoms with E-state index in [4.69, 9.17) is 30.0 Å². The van der Waals surface area contributed by atoms with Gasteiger partial charge in [-0.3, -0.25) is 9.35 Å². The average Bonchev–Trinajstić information content (AvgIpc) is 3.58. The van der Waals surface area contributed by atoms with Gasteiger partial charge in [0.05, 0.1) is 46.7 Å². The summed E-state index contributed by atoms with van der Waals surface area (Å²) in [5.41, 5.74) is 0.690. The molecular weight excluding hydrogens is 660 g/mol. The molecular formula is C30H29ClN4O9S2. The van der Waals surface area contributed by atoms with E-state index in [0.717, 1.165) is 21.4 Å². The van der Waals surface area contributed by atoms with Gasteiger partial charge in [0.1, 0.15) is 23.7 Å². The first-order valence-corrected chi connectivity index (χ1v) is 18.0. The number of nitrogens with one attached hydrogen (secondary N) is 1. The van der Waals surface area contributed by atoms with Crippen LogP contribution in [0.2, 0.25) is 5.02 Å². The molecule has 0 aliphatic carbocycles. The minimum Gasteiger partial charge on any atom is -0.457 e. The van der Waals surface area contributed by atoms with Gasteiger partial charge >= 0.3 is 0 Å². The molecule has 46 heavy (non-hydrogen) atoms. The van der Waals surface area contributed by atoms with Gasteiger partial charge in [-0.2, -0.15) is 8.42 Å². The van der Waals surface area contributed by atoms with Crippen LogP contribution in [0.4, 0.5) is 5.82 Å². The highest BCUT2D eigenvalue weighted by Gasteiger charge is 2.28. The zero-order valence-corrected chi connectivity index (χ0v) is 27.0. The maximum absolute atomic E-state index is 14.0. The van der Waals surface area contributed by atoms with E-state index in [0.29, 0.717) is 29.9 Å². The SMILES string of the molecule is Cc1cc2cccc(Oc3ccc(C(=O)c4cn(S(C)(=O)=O)c5ncnc(N[C@@H]6CC[C@@H](CCS(=O)(=O)O)OC6)c45)c(Cl)c3)c2o1. The molecule has 0 unspecified atom stereocenters. The second kappa shape index (κ2) is 12.3. The lowest BCUT2D eigenvalue weighted by molar-refractivity contribution is 0.00789. The number of carbonyl (C=O) groups excluding carboxylic acids is 1. The smallest absolute Gasteiger partial charge is 0.264 e. The van der Waals surface area contributed by atoms with Gasteiger partial charge in [-0.05, 0) is 50.5 Å². The molecule has 6 rings (SSSR count). The minimum absolute atomic E-state index is 0.00372. The molecule has 2 N–H and O–H groups in total. The molecule has 2 atom stereocenters. The maximum Gasteiger partial charge on any atom is 0.264 e. The Labute approximate surface area is 269 Å². The number of aromatic nitrogens is 3. The van der Waals surface area contributed by atoms with E-state index in [1.807, 2.05) is 25.1 Å². The number of halogens is 1. The number of hydrogen-bond acceptors (Lipinski definition) is 11. The Morgan fingerprint density at radius 2 is 1.93 bits per heavy atom. The molecule has 1 saturated heterocycles. The number of fused-ring (bicyclic) bond motifs is 2. The number of ketones is 1. The summed E-state index contributed by atoms with van der Waals surface area (Å²) in [6.45, 7) is 2.03. The quantitative estimate of drug-likeness (QED) is 0.145. The van der Waals surface area contributed by atoms with Crippen LogP contribution < -0.4 is 10.1 Å². The standard InChI is InChI=1S/C30H29ClN4O9S2/c1-17-12-18-4-3-5-25(28(18)43-17)44-21-8-9-22(24(31)13-21)27(36)23-14-35(45(2,37)38)30-26(23)29(32-16-33-30)34-19-6-7-20(42-15-19)10-11-46(39,40)41/h3-5,8-9,12-14,16,19-20H,6-7,10-11,15H2,1-2H3,(H,32,33,34)(H,39,40,41)/t19-,20+/m1/s1. The summed E-state index contributed by atoms with van der Waals surface area (Å²) in [5, 5.41) is 4.36. The third-order valence-electron chi connectivity index (χ3n) is 7.61. The molecule has 1 aliphatic rings. The molecule has 16 heteroatoms. The van der Waals surface area contributed by atoms with Crippen molar-refractivity contribution < 1.29 is 40.1 Å². The van der Waals surface area contributed by atoms with Gasteiger partial charge in [-0.15, -0.1) is 0 Å². The third kappa shape index (κ3) is 6.73. The number of furan rings is 1. The Morgan fingerprint density at radius 1 is 1.13 bits per heavy atom. The summed E-state index contributed by atoms with van der Waals surface area (Å²) < 4.78 is 75.2. The molecule has 0 saturated carbocycles. The van der Waals surface area contributed by atoms with Crippen molar-refractivity contribution in [2.45, 2.75) is 38.3 Å². The molecule has 5 aromatic rings. The van der Waals surface area contributed by atoms with Crippen molar-refractivity contribution in [2.75, 3.05) is 23.9 Å². The van der Waals surface area contributed by atoms with E-state index in [1.54, 1.807) is 12.1 Å². The first-order valence-electron chi connectivity index (χ1n) is 14.2. The van der Waals surface area contributed by atoms with Crippen LogP contribution >= 0.6 is 11.6 Å². The van der Waals surface area contributed by atoms with Crippen molar-refractivity contribution in [1.82, 2.24) is 13.9 Å². The van der Waals surface area contributed by atoms with E-state index >= 15 is 0 Å². The maximum atomic E-state index is 14.0. The van der Waals surface area contributed by atoms with Crippen LogP contribution in [0.25, 0.3) is 22.0 Å². The number of rotatable bonds is 10. The Bertz CT molecular complexity index is 2190. The van der Waals surface area contributed by atoms with Crippen LogP contribution in [-0.4, -0.2) is 71.9 Å². The zero-order valence-electron chi connectivity index (χ0n) is 24.6. The molecule has 2 aromatic carbocycles. The number of para-hydroxylation sites is 1. The van der Waals surface area contributed by atoms with Crippen molar-refractivity contribution in [3.63, 3.8) is 0 Å². The average molecular weight is 689 g/mol. The van der Waals surface area contributed by atoms with Crippen molar-refractivity contribution in [2.24, 2.45) is 0 Å². The minimum atomic E-state index is -4.10. The predicted molar refractivity (Wildman–Crippen MR) is 171 cm³/mol. The highest BCUT2D eigenvalue weighted by molar-refractivity contribution is 7.89. The lowest BCUT2D eigenvalue weighted by Gasteiger charge is -2.30. The molecule has 1 aliphatic heterocycles. The first-order chi connectivity index (χ1) is 21.8. The Balaban J connectivity index is 1.29. The summed E-state index contributed by atoms with van der Waals surface area (Å²) in [4.78, 5) is 22.5. The number of nitrogens with zero attached hydrogens (tertiary/aromatic N) is 3. The third-order valence-corrected chi connectivity index (χ3v) is 9.66. The fourth-order valence-electron chi connectivity index (χ4n) is 5.45. The van der Waals surface area contributed by atoms with E-state index < -0.39 is 31.7 Å². The van der Waals surface area contributed by atoms with Crippen molar-refractivity contribution in [1.29, 1.82) is 0 Å². The largest absolute Gasteiger partial charge is 0.457 e. The van der Waals surface area contributed by atoms with Crippen LogP contribution in [0.3, 0.4) is 0 Å². The van der Waals surface area contributed by atoms with E-state index in [2.05, 4.69) is 15.3 Å². The Hall–Kier alpha value is -4.02. The zero-order chi connectivity index (χ0) is 32.8. The van der Waals surface area contributed by atoms with Gasteiger partial charge < -0.3 is 19.2 Å². The molecule has 1 fully saturated rings. The molecule has 0 amide bonds. The fraction of sp³-hybridized carbons (Fsp3) is 0.300. The molecule has 13 nitrogen and oxygen atoms in total. The molecule has 3 aromatic heterocycles. The van der Waals surface area contributed by atoms with Gasteiger partial charge in [0.2, 0.25) is 10.0 Å². The summed E-state index contributed by atoms with van der Waals surface area (Å²) in [5.74, 6) is 0.824. The topological polar surface area (TPSA) is 180 Å². The van der Waals surface area contributed by atoms with Crippen LogP contribution in [0.5, 0.6) is 11.5 Å². The fourth-order valence-corrected chi connectivity index (χ4v) is 7.02. The van der Waals surface area contributed by atoms with Gasteiger partial charge in [0.25, 0.3) is 10.1 Å². The molecule has 242 valence electrons. The second-order valence-corrected chi connectivity index (χ2v) is 14.9. The van der Waals surface area contributed by atoms with Crippen LogP contribution in [0, 0.1) is 6.92 Å². The molecule has 0 radical (unpaired) electrons. The number of ether oxygens (including phenoxy) is 2. The number of anilines is 1. The Kier molecular flexibility index (Phi) is 8.54. The van der Waals surface area contributed by atoms with E-state index in [1.165, 1.54) is 24.7 Å². The second-order valence-electron chi connectivity index (χ2n) is 11.1. The number of aryl methyl sites for hydroxylation is 1. The van der Waals surface area contributed by atoms with E-state index in [9.17, 15) is 21.6 Å². The van der Waals surface area contributed by atoms with Gasteiger partial charge in [0, 0.05) is 23.2 Å². The van der Waals surface area contributed by atoms with E-state index in [-0.39, 0.29) is 58.2 Å². The highest BCUT2D eigenvalue weighted by Crippen LogP contribution is 2.36. The summed E-state index contributed by atoms with van der Waals surface area (Å²) in [6.07, 6.45) is 4.27. The number of hydrogen-bond donors (Lipinski definition) is 2. The number of carbonyl (C=O) groups is 1. The molecule has 0 spiro atoms. The van der Waals surface area contributed by atoms with Crippen LogP contribution in [0.1, 0.15) is 40.9 Å². The van der Waals surface area contributed by atoms with Crippen molar-refractivity contribution in [3.05, 3.63) is 76.9 Å². The lowest BCUT2D eigenvalue weighted by atomic mass is 10.0. The molecule has 0 bridgehead atoms. The van der Waals surface area contributed by atoms with Gasteiger partial charge in [0.15, 0.2) is 22.8 Å². The summed E-state index contributed by atoms with van der Waals surface area (Å²) in [6, 6.07) is 11.7. The van der Waals surface area contributed by atoms with Crippen molar-refractivity contribution in [3.8, 4) is 11.5 Å². The van der Waals surface area contributed by atoms with Gasteiger partial charge in [-0.25, -0.2) is 22.4 Å². The predicted octanol–water partition coefficient (Wildman–Crippen LogP) is 5.21. The van der Waals surface area contributed by atoms with Crippen LogP contribution in [0.15, 0.2) is 59.4 Å². The lowest BCUT2D eigenvalue weighted by Crippen LogP contribution is -2.35.